The molecule has 0 aliphatic carbocycles. The number of ether oxygens (including phenoxy) is 2. The van der Waals surface area contributed by atoms with E-state index in [-0.39, 0.29) is 0 Å². The van der Waals surface area contributed by atoms with Crippen molar-refractivity contribution in [1.82, 2.24) is 0 Å². The summed E-state index contributed by atoms with van der Waals surface area (Å²) in [4.78, 5) is 0. The smallest absolute Gasteiger partial charge is 0.175 e. The number of hydrogen-bond donors (Lipinski definition) is 1. The van der Waals surface area contributed by atoms with E-state index in [4.69, 9.17) is 9.47 Å². The topological polar surface area (TPSA) is 30.5 Å². The predicted molar refractivity (Wildman–Crippen MR) is 127 cm³/mol. The molecule has 4 heteroatoms. The Labute approximate surface area is 185 Å². The van der Waals surface area contributed by atoms with Crippen molar-refractivity contribution in [1.29, 1.82) is 0 Å². The molecule has 4 aromatic rings. The van der Waals surface area contributed by atoms with Gasteiger partial charge in [0, 0.05) is 12.2 Å². The monoisotopic (exact) mass is 461 g/mol. The van der Waals surface area contributed by atoms with Crippen LogP contribution in [-0.2, 0) is 13.2 Å². The standard InChI is InChI=1S/C26H24BrNO2/c1-2-29-25-16-19(17-28-22-12-4-3-5-13-22)15-24(27)26(25)30-18-21-11-8-10-20-9-6-7-14-23(20)21/h3-16,28H,2,17-18H2,1H3. The molecule has 0 atom stereocenters. The van der Waals surface area contributed by atoms with E-state index in [0.717, 1.165) is 32.8 Å². The molecule has 4 rings (SSSR count). The first kappa shape index (κ1) is 20.3. The van der Waals surface area contributed by atoms with Gasteiger partial charge in [-0.2, -0.15) is 0 Å². The third kappa shape index (κ3) is 4.77. The molecule has 0 spiro atoms. The van der Waals surface area contributed by atoms with Crippen LogP contribution in [-0.4, -0.2) is 6.61 Å². The number of anilines is 1. The molecule has 0 heterocycles. The maximum atomic E-state index is 6.24. The summed E-state index contributed by atoms with van der Waals surface area (Å²) in [6.07, 6.45) is 0. The van der Waals surface area contributed by atoms with Gasteiger partial charge in [0.2, 0.25) is 0 Å². The Balaban J connectivity index is 1.54. The number of para-hydroxylation sites is 1. The zero-order chi connectivity index (χ0) is 20.8. The first-order chi connectivity index (χ1) is 14.7. The molecule has 0 aliphatic heterocycles. The van der Waals surface area contributed by atoms with Crippen LogP contribution in [0.1, 0.15) is 18.1 Å². The third-order valence-corrected chi connectivity index (χ3v) is 5.48. The fourth-order valence-corrected chi connectivity index (χ4v) is 4.06. The zero-order valence-electron chi connectivity index (χ0n) is 16.9. The van der Waals surface area contributed by atoms with Gasteiger partial charge in [0.25, 0.3) is 0 Å². The Morgan fingerprint density at radius 3 is 2.43 bits per heavy atom. The lowest BCUT2D eigenvalue weighted by Crippen LogP contribution is -2.04. The maximum Gasteiger partial charge on any atom is 0.175 e. The molecule has 1 N–H and O–H groups in total. The average molecular weight is 462 g/mol. The van der Waals surface area contributed by atoms with Crippen LogP contribution in [0, 0.1) is 0 Å². The van der Waals surface area contributed by atoms with Crippen LogP contribution in [0.3, 0.4) is 0 Å². The van der Waals surface area contributed by atoms with Gasteiger partial charge in [-0.25, -0.2) is 0 Å². The predicted octanol–water partition coefficient (Wildman–Crippen LogP) is 7.19. The molecule has 3 nitrogen and oxygen atoms in total. The van der Waals surface area contributed by atoms with Gasteiger partial charge in [-0.1, -0.05) is 60.7 Å². The molecular weight excluding hydrogens is 438 g/mol. The summed E-state index contributed by atoms with van der Waals surface area (Å²) in [5, 5.41) is 5.86. The third-order valence-electron chi connectivity index (χ3n) is 4.89. The van der Waals surface area contributed by atoms with Gasteiger partial charge in [0.15, 0.2) is 11.5 Å². The van der Waals surface area contributed by atoms with Gasteiger partial charge in [0.1, 0.15) is 6.61 Å². The van der Waals surface area contributed by atoms with Crippen LogP contribution >= 0.6 is 15.9 Å². The molecule has 0 saturated heterocycles. The van der Waals surface area contributed by atoms with E-state index in [2.05, 4.69) is 81.9 Å². The molecule has 0 bridgehead atoms. The van der Waals surface area contributed by atoms with Crippen molar-refractivity contribution < 1.29 is 9.47 Å². The van der Waals surface area contributed by atoms with E-state index in [1.807, 2.05) is 31.2 Å². The van der Waals surface area contributed by atoms with Gasteiger partial charge < -0.3 is 14.8 Å². The van der Waals surface area contributed by atoms with Crippen LogP contribution in [0.2, 0.25) is 0 Å². The molecule has 152 valence electrons. The second-order valence-electron chi connectivity index (χ2n) is 6.98. The highest BCUT2D eigenvalue weighted by molar-refractivity contribution is 9.10. The van der Waals surface area contributed by atoms with Gasteiger partial charge >= 0.3 is 0 Å². The zero-order valence-corrected chi connectivity index (χ0v) is 18.5. The first-order valence-corrected chi connectivity index (χ1v) is 10.9. The molecule has 4 aromatic carbocycles. The van der Waals surface area contributed by atoms with E-state index >= 15 is 0 Å². The number of benzene rings is 4. The molecule has 30 heavy (non-hydrogen) atoms. The highest BCUT2D eigenvalue weighted by Gasteiger charge is 2.13. The molecule has 0 aliphatic rings. The van der Waals surface area contributed by atoms with Crippen molar-refractivity contribution in [3.63, 3.8) is 0 Å². The van der Waals surface area contributed by atoms with Crippen molar-refractivity contribution in [2.45, 2.75) is 20.1 Å². The summed E-state index contributed by atoms with van der Waals surface area (Å²) >= 11 is 3.68. The maximum absolute atomic E-state index is 6.24. The number of rotatable bonds is 8. The second kappa shape index (κ2) is 9.68. The van der Waals surface area contributed by atoms with E-state index in [0.29, 0.717) is 19.8 Å². The summed E-state index contributed by atoms with van der Waals surface area (Å²) in [5.41, 5.74) is 3.35. The summed E-state index contributed by atoms with van der Waals surface area (Å²) in [7, 11) is 0. The van der Waals surface area contributed by atoms with Crippen LogP contribution in [0.15, 0.2) is 89.4 Å². The lowest BCUT2D eigenvalue weighted by molar-refractivity contribution is 0.268. The number of nitrogens with one attached hydrogen (secondary N) is 1. The minimum Gasteiger partial charge on any atom is -0.490 e. The van der Waals surface area contributed by atoms with Crippen LogP contribution in [0.4, 0.5) is 5.69 Å². The molecule has 0 amide bonds. The Bertz CT molecular complexity index is 1120. The summed E-state index contributed by atoms with van der Waals surface area (Å²) in [6.45, 7) is 3.73. The largest absolute Gasteiger partial charge is 0.490 e. The fraction of sp³-hybridized carbons (Fsp3) is 0.154. The van der Waals surface area contributed by atoms with Crippen molar-refractivity contribution in [2.75, 3.05) is 11.9 Å². The molecule has 0 fully saturated rings. The van der Waals surface area contributed by atoms with Gasteiger partial charge in [-0.05, 0) is 69.0 Å². The Morgan fingerprint density at radius 2 is 1.60 bits per heavy atom. The Hall–Kier alpha value is -2.98. The summed E-state index contributed by atoms with van der Waals surface area (Å²) in [6, 6.07) is 28.9. The van der Waals surface area contributed by atoms with Crippen molar-refractivity contribution in [3.8, 4) is 11.5 Å². The van der Waals surface area contributed by atoms with E-state index in [1.54, 1.807) is 0 Å². The van der Waals surface area contributed by atoms with E-state index < -0.39 is 0 Å². The molecule has 0 saturated carbocycles. The average Bonchev–Trinajstić information content (AvgIpc) is 2.78. The SMILES string of the molecule is CCOc1cc(CNc2ccccc2)cc(Br)c1OCc1cccc2ccccc12. The lowest BCUT2D eigenvalue weighted by atomic mass is 10.1. The minimum atomic E-state index is 0.474. The Morgan fingerprint density at radius 1 is 0.833 bits per heavy atom. The molecule has 0 aromatic heterocycles. The molecule has 0 unspecified atom stereocenters. The highest BCUT2D eigenvalue weighted by Crippen LogP contribution is 2.38. The quantitative estimate of drug-likeness (QED) is 0.301. The number of hydrogen-bond acceptors (Lipinski definition) is 3. The first-order valence-electron chi connectivity index (χ1n) is 10.1. The van der Waals surface area contributed by atoms with Gasteiger partial charge in [0.05, 0.1) is 11.1 Å². The normalized spacial score (nSPS) is 10.7. The second-order valence-corrected chi connectivity index (χ2v) is 7.84. The fourth-order valence-electron chi connectivity index (χ4n) is 3.45. The van der Waals surface area contributed by atoms with Crippen LogP contribution < -0.4 is 14.8 Å². The van der Waals surface area contributed by atoms with Gasteiger partial charge in [-0.15, -0.1) is 0 Å². The lowest BCUT2D eigenvalue weighted by Gasteiger charge is -2.17. The summed E-state index contributed by atoms with van der Waals surface area (Å²) < 4.78 is 13.0. The number of halogens is 1. The van der Waals surface area contributed by atoms with Crippen molar-refractivity contribution in [2.24, 2.45) is 0 Å². The van der Waals surface area contributed by atoms with Crippen molar-refractivity contribution >= 4 is 32.4 Å². The van der Waals surface area contributed by atoms with E-state index in [9.17, 15) is 0 Å². The summed E-state index contributed by atoms with van der Waals surface area (Å²) in [5.74, 6) is 1.48. The Kier molecular flexibility index (Phi) is 6.55. The van der Waals surface area contributed by atoms with Gasteiger partial charge in [-0.3, -0.25) is 0 Å². The number of fused-ring (bicyclic) bond motifs is 1. The minimum absolute atomic E-state index is 0.474. The molecular formula is C26H24BrNO2. The highest BCUT2D eigenvalue weighted by atomic mass is 79.9. The van der Waals surface area contributed by atoms with Crippen LogP contribution in [0.5, 0.6) is 11.5 Å². The van der Waals surface area contributed by atoms with E-state index in [1.165, 1.54) is 10.8 Å². The molecule has 0 radical (unpaired) electrons. The van der Waals surface area contributed by atoms with Crippen LogP contribution in [0.25, 0.3) is 10.8 Å². The van der Waals surface area contributed by atoms with Crippen molar-refractivity contribution in [3.05, 3.63) is 101 Å².